The fraction of sp³-hybridized carbons (Fsp3) is 0.333. The number of benzene rings is 2. The van der Waals surface area contributed by atoms with Gasteiger partial charge in [-0.25, -0.2) is 14.5 Å². The minimum atomic E-state index is -0.751. The van der Waals surface area contributed by atoms with Crippen LogP contribution >= 0.6 is 0 Å². The van der Waals surface area contributed by atoms with Gasteiger partial charge in [-0.05, 0) is 48.2 Å². The number of nitrogens with one attached hydrogen (secondary N) is 1. The summed E-state index contributed by atoms with van der Waals surface area (Å²) in [6.07, 6.45) is 0.719. The molecule has 4 rings (SSSR count). The third kappa shape index (κ3) is 3.28. The quantitative estimate of drug-likeness (QED) is 0.875. The topological polar surface area (TPSA) is 84.7 Å². The van der Waals surface area contributed by atoms with Crippen LogP contribution in [0.5, 0.6) is 0 Å². The van der Waals surface area contributed by atoms with Crippen LogP contribution in [0.1, 0.15) is 29.9 Å². The first-order valence-corrected chi connectivity index (χ1v) is 9.31. The Balaban J connectivity index is 1.52. The number of nitrogens with zero attached hydrogens (tertiary/aromatic N) is 1. The number of hydrogen-bond acceptors (Lipinski definition) is 4. The first-order valence-electron chi connectivity index (χ1n) is 9.31. The monoisotopic (exact) mass is 365 g/mol. The van der Waals surface area contributed by atoms with Crippen LogP contribution in [0.3, 0.4) is 0 Å². The van der Waals surface area contributed by atoms with E-state index in [4.69, 9.17) is 10.5 Å². The second-order valence-electron chi connectivity index (χ2n) is 6.99. The lowest BCUT2D eigenvalue weighted by atomic mass is 9.98. The van der Waals surface area contributed by atoms with Crippen molar-refractivity contribution in [3.63, 3.8) is 0 Å². The maximum Gasteiger partial charge on any atom is 0.418 e. The van der Waals surface area contributed by atoms with E-state index in [0.717, 1.165) is 29.1 Å². The Morgan fingerprint density at radius 3 is 2.11 bits per heavy atom. The molecule has 0 radical (unpaired) electrons. The number of primary amides is 1. The largest absolute Gasteiger partial charge is 0.448 e. The molecule has 0 saturated carbocycles. The predicted molar refractivity (Wildman–Crippen MR) is 102 cm³/mol. The maximum atomic E-state index is 12.6. The summed E-state index contributed by atoms with van der Waals surface area (Å²) in [7, 11) is 0. The number of nitrogens with two attached hydrogens (primary N) is 1. The van der Waals surface area contributed by atoms with Gasteiger partial charge >= 0.3 is 12.1 Å². The number of urea groups is 1. The Morgan fingerprint density at radius 2 is 1.56 bits per heavy atom. The molecule has 1 aliphatic heterocycles. The molecule has 6 nitrogen and oxygen atoms in total. The number of carbonyl (C=O) groups is 2. The van der Waals surface area contributed by atoms with E-state index in [9.17, 15) is 9.59 Å². The van der Waals surface area contributed by atoms with Gasteiger partial charge in [0.2, 0.25) is 0 Å². The van der Waals surface area contributed by atoms with E-state index >= 15 is 0 Å². The molecule has 0 bridgehead atoms. The first kappa shape index (κ1) is 17.5. The van der Waals surface area contributed by atoms with Crippen LogP contribution < -0.4 is 11.1 Å². The van der Waals surface area contributed by atoms with E-state index in [-0.39, 0.29) is 18.6 Å². The number of rotatable bonds is 3. The molecule has 3 N–H and O–H groups in total. The number of imide groups is 1. The highest BCUT2D eigenvalue weighted by molar-refractivity contribution is 5.90. The molecule has 0 unspecified atom stereocenters. The van der Waals surface area contributed by atoms with Crippen molar-refractivity contribution in [2.45, 2.75) is 24.8 Å². The van der Waals surface area contributed by atoms with Gasteiger partial charge in [-0.1, -0.05) is 48.5 Å². The van der Waals surface area contributed by atoms with Gasteiger partial charge in [0.1, 0.15) is 6.61 Å². The highest BCUT2D eigenvalue weighted by Gasteiger charge is 2.33. The highest BCUT2D eigenvalue weighted by Crippen LogP contribution is 2.44. The van der Waals surface area contributed by atoms with Crippen molar-refractivity contribution in [3.05, 3.63) is 59.7 Å². The minimum absolute atomic E-state index is 0.0379. The summed E-state index contributed by atoms with van der Waals surface area (Å²) >= 11 is 0. The van der Waals surface area contributed by atoms with Crippen LogP contribution in [0, 0.1) is 0 Å². The van der Waals surface area contributed by atoms with Crippen LogP contribution in [0.25, 0.3) is 11.1 Å². The summed E-state index contributed by atoms with van der Waals surface area (Å²) in [5.74, 6) is -0.0379. The van der Waals surface area contributed by atoms with E-state index in [2.05, 4.69) is 29.6 Å². The molecule has 1 aliphatic carbocycles. The lowest BCUT2D eigenvalue weighted by Crippen LogP contribution is -2.51. The summed E-state index contributed by atoms with van der Waals surface area (Å²) < 4.78 is 5.58. The Labute approximate surface area is 158 Å². The van der Waals surface area contributed by atoms with E-state index in [0.29, 0.717) is 12.8 Å². The third-order valence-electron chi connectivity index (χ3n) is 5.44. The van der Waals surface area contributed by atoms with Gasteiger partial charge in [-0.3, -0.25) is 0 Å². The molecule has 0 aromatic heterocycles. The number of hydrogen-bond donors (Lipinski definition) is 2. The van der Waals surface area contributed by atoms with Crippen LogP contribution in [0.2, 0.25) is 0 Å². The molecule has 1 fully saturated rings. The van der Waals surface area contributed by atoms with E-state index in [1.807, 2.05) is 24.3 Å². The number of carbonyl (C=O) groups excluding carboxylic acids is 2. The van der Waals surface area contributed by atoms with E-state index in [1.54, 1.807) is 0 Å². The molecule has 2 aliphatic rings. The minimum Gasteiger partial charge on any atom is -0.448 e. The molecule has 27 heavy (non-hydrogen) atoms. The molecule has 3 amide bonds. The summed E-state index contributed by atoms with van der Waals surface area (Å²) in [5, 5.41) is 3.22. The van der Waals surface area contributed by atoms with Crippen LogP contribution in [0.15, 0.2) is 48.5 Å². The normalized spacial score (nSPS) is 16.4. The van der Waals surface area contributed by atoms with Gasteiger partial charge < -0.3 is 15.8 Å². The third-order valence-corrected chi connectivity index (χ3v) is 5.44. The van der Waals surface area contributed by atoms with E-state index < -0.39 is 12.1 Å². The zero-order chi connectivity index (χ0) is 18.8. The molecule has 1 heterocycles. The van der Waals surface area contributed by atoms with Crippen molar-refractivity contribution in [2.75, 3.05) is 19.7 Å². The Kier molecular flexibility index (Phi) is 4.81. The van der Waals surface area contributed by atoms with Crippen molar-refractivity contribution >= 4 is 12.1 Å². The lowest BCUT2D eigenvalue weighted by molar-refractivity contribution is 0.0909. The molecule has 6 heteroatoms. The molecule has 0 atom stereocenters. The van der Waals surface area contributed by atoms with Gasteiger partial charge in [-0.2, -0.15) is 0 Å². The number of ether oxygens (including phenoxy) is 1. The van der Waals surface area contributed by atoms with Crippen molar-refractivity contribution < 1.29 is 14.3 Å². The summed E-state index contributed by atoms with van der Waals surface area (Å²) in [4.78, 5) is 25.6. The van der Waals surface area contributed by atoms with Gasteiger partial charge in [0.15, 0.2) is 0 Å². The van der Waals surface area contributed by atoms with Crippen molar-refractivity contribution in [2.24, 2.45) is 5.73 Å². The average Bonchev–Trinajstić information content (AvgIpc) is 3.01. The second-order valence-corrected chi connectivity index (χ2v) is 6.99. The van der Waals surface area contributed by atoms with Crippen molar-refractivity contribution in [1.82, 2.24) is 10.2 Å². The first-order chi connectivity index (χ1) is 13.2. The molecule has 140 valence electrons. The fourth-order valence-corrected chi connectivity index (χ4v) is 4.15. The molecule has 2 aromatic carbocycles. The zero-order valence-corrected chi connectivity index (χ0v) is 15.1. The fourth-order valence-electron chi connectivity index (χ4n) is 4.15. The zero-order valence-electron chi connectivity index (χ0n) is 15.1. The summed E-state index contributed by atoms with van der Waals surface area (Å²) in [6.45, 7) is 1.69. The molecule has 1 saturated heterocycles. The average molecular weight is 365 g/mol. The van der Waals surface area contributed by atoms with Gasteiger partial charge in [0, 0.05) is 12.0 Å². The molecular formula is C21H23N3O3. The smallest absolute Gasteiger partial charge is 0.418 e. The summed E-state index contributed by atoms with van der Waals surface area (Å²) in [6, 6.07) is 15.3. The number of fused-ring (bicyclic) bond motifs is 3. The number of piperidine rings is 1. The van der Waals surface area contributed by atoms with Gasteiger partial charge in [-0.15, -0.1) is 0 Å². The van der Waals surface area contributed by atoms with Crippen LogP contribution in [-0.2, 0) is 4.74 Å². The Morgan fingerprint density at radius 1 is 1.00 bits per heavy atom. The molecule has 2 aromatic rings. The molecule has 0 spiro atoms. The maximum absolute atomic E-state index is 12.6. The van der Waals surface area contributed by atoms with Gasteiger partial charge in [0.05, 0.1) is 0 Å². The Hall–Kier alpha value is -2.86. The van der Waals surface area contributed by atoms with Crippen LogP contribution in [0.4, 0.5) is 9.59 Å². The standard InChI is InChI=1S/C21H23N3O3/c22-20(25)24(14-9-11-23-12-10-14)21(26)27-13-19-17-7-3-1-5-15(17)16-6-2-4-8-18(16)19/h1-8,14,19,23H,9-13H2,(H2,22,25). The second kappa shape index (κ2) is 7.40. The van der Waals surface area contributed by atoms with Gasteiger partial charge in [0.25, 0.3) is 0 Å². The molecular weight excluding hydrogens is 342 g/mol. The van der Waals surface area contributed by atoms with Crippen molar-refractivity contribution in [1.29, 1.82) is 0 Å². The van der Waals surface area contributed by atoms with Crippen LogP contribution in [-0.4, -0.2) is 42.8 Å². The van der Waals surface area contributed by atoms with E-state index in [1.165, 1.54) is 11.1 Å². The number of amides is 3. The lowest BCUT2D eigenvalue weighted by Gasteiger charge is -2.31. The highest BCUT2D eigenvalue weighted by atomic mass is 16.6. The summed E-state index contributed by atoms with van der Waals surface area (Å²) in [5.41, 5.74) is 10.1. The Bertz CT molecular complexity index is 816. The SMILES string of the molecule is NC(=O)N(C(=O)OCC1c2ccccc2-c2ccccc21)C1CCNCC1. The van der Waals surface area contributed by atoms with Crippen molar-refractivity contribution in [3.8, 4) is 11.1 Å². The predicted octanol–water partition coefficient (Wildman–Crippen LogP) is 3.07.